The van der Waals surface area contributed by atoms with Gasteiger partial charge in [0.2, 0.25) is 6.10 Å². The summed E-state index contributed by atoms with van der Waals surface area (Å²) in [6, 6.07) is 0. The molecular formula is C10H20O3Ti. The van der Waals surface area contributed by atoms with Crippen LogP contribution < -0.4 is 0 Å². The smallest absolute Gasteiger partial charge is 0.217 e. The molecule has 0 amide bonds. The fraction of sp³-hybridized carbons (Fsp3) is 0.600. The summed E-state index contributed by atoms with van der Waals surface area (Å²) in [6.07, 6.45) is 2.35. The van der Waals surface area contributed by atoms with Gasteiger partial charge in [-0.25, -0.2) is 0 Å². The van der Waals surface area contributed by atoms with Gasteiger partial charge in [-0.15, -0.1) is 0 Å². The molecule has 0 rings (SSSR count). The molecule has 0 radical (unpaired) electrons. The molecule has 0 saturated carbocycles. The zero-order chi connectivity index (χ0) is 10.9. The summed E-state index contributed by atoms with van der Waals surface area (Å²) >= 11 is 0. The minimum Gasteiger partial charge on any atom is -0.557 e. The predicted octanol–water partition coefficient (Wildman–Crippen LogP) is 1.84. The van der Waals surface area contributed by atoms with E-state index in [1.54, 1.807) is 27.0 Å². The van der Waals surface area contributed by atoms with Crippen LogP contribution in [0, 0.1) is 6.10 Å². The Hall–Kier alpha value is -0.246. The second kappa shape index (κ2) is 12.8. The van der Waals surface area contributed by atoms with E-state index in [4.69, 9.17) is 9.84 Å². The third-order valence-corrected chi connectivity index (χ3v) is 0.956. The first kappa shape index (κ1) is 19.3. The molecule has 1 N–H and O–H groups in total. The van der Waals surface area contributed by atoms with Crippen LogP contribution in [-0.2, 0) is 30.9 Å². The molecule has 0 aromatic carbocycles. The van der Waals surface area contributed by atoms with E-state index >= 15 is 0 Å². The van der Waals surface area contributed by atoms with Crippen molar-refractivity contribution in [1.29, 1.82) is 0 Å². The molecule has 82 valence electrons. The summed E-state index contributed by atoms with van der Waals surface area (Å²) in [4.78, 5) is 0. The fourth-order valence-corrected chi connectivity index (χ4v) is 0.387. The average Bonchev–Trinajstić information content (AvgIpc) is 2.03. The van der Waals surface area contributed by atoms with E-state index in [1.807, 2.05) is 13.8 Å². The van der Waals surface area contributed by atoms with E-state index in [9.17, 15) is 0 Å². The first-order valence-electron chi connectivity index (χ1n) is 4.10. The fourth-order valence-electron chi connectivity index (χ4n) is 0.387. The van der Waals surface area contributed by atoms with Crippen LogP contribution >= 0.6 is 0 Å². The number of methoxy groups -OCH3 is 1. The van der Waals surface area contributed by atoms with Crippen LogP contribution in [0.3, 0.4) is 0 Å². The van der Waals surface area contributed by atoms with E-state index in [2.05, 4.69) is 11.2 Å². The number of allylic oxidation sites excluding steroid dienone is 1. The van der Waals surface area contributed by atoms with Crippen LogP contribution in [0.15, 0.2) is 11.8 Å². The van der Waals surface area contributed by atoms with Gasteiger partial charge in [0.05, 0.1) is 7.11 Å². The molecule has 4 heteroatoms. The third kappa shape index (κ3) is 22.6. The van der Waals surface area contributed by atoms with E-state index < -0.39 is 0 Å². The molecule has 0 atom stereocenters. The van der Waals surface area contributed by atoms with Gasteiger partial charge in [-0.2, -0.15) is 0 Å². The second-order valence-electron chi connectivity index (χ2n) is 2.81. The summed E-state index contributed by atoms with van der Waals surface area (Å²) in [5.74, 6) is 0.816. The predicted molar refractivity (Wildman–Crippen MR) is 54.2 cm³/mol. The molecule has 0 aromatic heterocycles. The molecule has 0 aromatic rings. The van der Waals surface area contributed by atoms with Gasteiger partial charge in [-0.1, -0.05) is 6.92 Å². The maximum Gasteiger partial charge on any atom is 0.217 e. The monoisotopic (exact) mass is 236 g/mol. The molecule has 14 heavy (non-hydrogen) atoms. The molecule has 0 aliphatic carbocycles. The number of ether oxygens (including phenoxy) is 1. The van der Waals surface area contributed by atoms with Gasteiger partial charge in [0.15, 0.2) is 6.79 Å². The molecule has 0 unspecified atom stereocenters. The average molecular weight is 236 g/mol. The van der Waals surface area contributed by atoms with Crippen molar-refractivity contribution in [2.75, 3.05) is 7.11 Å². The van der Waals surface area contributed by atoms with Gasteiger partial charge in [0.1, 0.15) is 0 Å². The first-order valence-corrected chi connectivity index (χ1v) is 4.10. The second-order valence-corrected chi connectivity index (χ2v) is 2.81. The molecule has 0 heterocycles. The maximum atomic E-state index is 8.06. The quantitative estimate of drug-likeness (QED) is 0.351. The largest absolute Gasteiger partial charge is 0.557 e. The normalized spacial score (nSPS) is 9.50. The number of rotatable bonds is 3. The first-order chi connectivity index (χ1) is 5.93. The Labute approximate surface area is 102 Å². The van der Waals surface area contributed by atoms with E-state index in [-0.39, 0.29) is 27.8 Å². The van der Waals surface area contributed by atoms with Gasteiger partial charge in [0, 0.05) is 40.5 Å². The molecule has 0 aliphatic heterocycles. The van der Waals surface area contributed by atoms with Crippen LogP contribution in [0.2, 0.25) is 0 Å². The van der Waals surface area contributed by atoms with Crippen molar-refractivity contribution in [2.45, 2.75) is 33.8 Å². The molecule has 0 aliphatic rings. The number of aliphatic hydroxyl groups excluding tert-OH is 1. The zero-order valence-corrected chi connectivity index (χ0v) is 11.2. The Bertz CT molecular complexity index is 153. The van der Waals surface area contributed by atoms with Gasteiger partial charge in [-0.3, -0.25) is 0 Å². The summed E-state index contributed by atoms with van der Waals surface area (Å²) in [5.41, 5.74) is 0. The third-order valence-electron chi connectivity index (χ3n) is 0.956. The van der Waals surface area contributed by atoms with Crippen LogP contribution in [-0.4, -0.2) is 25.1 Å². The summed E-state index contributed by atoms with van der Waals surface area (Å²) < 4.78 is 9.49. The van der Waals surface area contributed by atoms with Crippen molar-refractivity contribution in [3.05, 3.63) is 17.9 Å². The van der Waals surface area contributed by atoms with E-state index in [1.165, 1.54) is 0 Å². The van der Waals surface area contributed by atoms with E-state index in [0.29, 0.717) is 0 Å². The number of hydrogen-bond acceptors (Lipinski definition) is 2. The van der Waals surface area contributed by atoms with Crippen molar-refractivity contribution in [1.82, 2.24) is 0 Å². The Morgan fingerprint density at radius 1 is 1.57 bits per heavy atom. The van der Waals surface area contributed by atoms with Crippen molar-refractivity contribution >= 4 is 6.79 Å². The summed E-state index contributed by atoms with van der Waals surface area (Å²) in [5, 5.41) is 8.06. The standard InChI is InChI=1S/C7H12O2.C3H8O.Ti/c1-6(8-3)5-7(2)9-4;1-3(2)4;/h5H,3H2,1-2,4H3;3-4H,1-2H3;/b7-5-;;. The molecule has 0 bridgehead atoms. The minimum absolute atomic E-state index is 0. The van der Waals surface area contributed by atoms with Crippen molar-refractivity contribution in [3.8, 4) is 0 Å². The van der Waals surface area contributed by atoms with Crippen LogP contribution in [0.5, 0.6) is 0 Å². The molecule has 0 saturated heterocycles. The number of hydrogen-bond donors (Lipinski definition) is 1. The molecule has 0 fully saturated rings. The van der Waals surface area contributed by atoms with Crippen molar-refractivity contribution in [3.63, 3.8) is 0 Å². The van der Waals surface area contributed by atoms with Crippen LogP contribution in [0.1, 0.15) is 27.7 Å². The van der Waals surface area contributed by atoms with Gasteiger partial charge in [0.25, 0.3) is 0 Å². The van der Waals surface area contributed by atoms with Gasteiger partial charge >= 0.3 is 0 Å². The van der Waals surface area contributed by atoms with Gasteiger partial charge in [-0.05, 0) is 19.9 Å². The zero-order valence-electron chi connectivity index (χ0n) is 9.63. The Kier molecular flexibility index (Phi) is 17.6. The number of carbonyl (C=O) groups excluding carboxylic acids is 1. The number of aliphatic hydroxyl groups is 1. The Morgan fingerprint density at radius 2 is 1.93 bits per heavy atom. The molecular weight excluding hydrogens is 216 g/mol. The van der Waals surface area contributed by atoms with Crippen LogP contribution in [0.4, 0.5) is 0 Å². The molecule has 0 spiro atoms. The topological polar surface area (TPSA) is 40.8 Å². The van der Waals surface area contributed by atoms with E-state index in [0.717, 1.165) is 11.9 Å². The Balaban J connectivity index is -0.000000209. The van der Waals surface area contributed by atoms with Crippen LogP contribution in [0.25, 0.3) is 0 Å². The van der Waals surface area contributed by atoms with Crippen molar-refractivity contribution in [2.24, 2.45) is 0 Å². The van der Waals surface area contributed by atoms with Crippen molar-refractivity contribution < 1.29 is 36.0 Å². The Morgan fingerprint density at radius 3 is 2.14 bits per heavy atom. The molecule has 3 nitrogen and oxygen atoms in total. The summed E-state index contributed by atoms with van der Waals surface area (Å²) in [7, 11) is 1.61. The van der Waals surface area contributed by atoms with Gasteiger partial charge < -0.3 is 14.3 Å². The minimum atomic E-state index is -0.167. The SMILES string of the molecule is C=[O+][C-](C)/C=C(/C)OC.CC(C)O.[Ti]. The maximum absolute atomic E-state index is 8.06. The summed E-state index contributed by atoms with van der Waals surface area (Å²) in [6.45, 7) is 10.3.